The van der Waals surface area contributed by atoms with E-state index in [1.54, 1.807) is 4.57 Å². The van der Waals surface area contributed by atoms with Gasteiger partial charge in [-0.25, -0.2) is 9.89 Å². The number of hydrogen-bond acceptors (Lipinski definition) is 4. The van der Waals surface area contributed by atoms with E-state index in [0.29, 0.717) is 18.2 Å². The quantitative estimate of drug-likeness (QED) is 0.923. The number of thioether (sulfide) groups is 1. The molecule has 0 bridgehead atoms. The second-order valence-electron chi connectivity index (χ2n) is 6.19. The van der Waals surface area contributed by atoms with Crippen molar-refractivity contribution in [3.05, 3.63) is 39.3 Å². The van der Waals surface area contributed by atoms with Crippen molar-refractivity contribution in [3.8, 4) is 0 Å². The second kappa shape index (κ2) is 6.47. The van der Waals surface area contributed by atoms with Crippen molar-refractivity contribution in [2.45, 2.75) is 51.1 Å². The highest BCUT2D eigenvalue weighted by Gasteiger charge is 2.35. The predicted octanol–water partition coefficient (Wildman–Crippen LogP) is 2.41. The standard InChI is InChI=1S/C17H22N4O2S/c1-5-20-16(23)18-19-17(20)24-13-6-7-21(15(13)22)14-11(3)8-10(2)9-12(14)4/h8-9,13H,5-7H2,1-4H3,(H,18,23)/t13-/m0/s1. The van der Waals surface area contributed by atoms with Gasteiger partial charge < -0.3 is 4.90 Å². The van der Waals surface area contributed by atoms with Gasteiger partial charge in [0.05, 0.1) is 5.25 Å². The van der Waals surface area contributed by atoms with Crippen LogP contribution in [0.5, 0.6) is 0 Å². The third kappa shape index (κ3) is 2.88. The molecule has 1 saturated heterocycles. The van der Waals surface area contributed by atoms with E-state index >= 15 is 0 Å². The van der Waals surface area contributed by atoms with E-state index in [1.807, 2.05) is 25.7 Å². The SMILES string of the molecule is CCn1c(S[C@H]2CCN(c3c(C)cc(C)cc3C)C2=O)n[nH]c1=O. The van der Waals surface area contributed by atoms with Gasteiger partial charge >= 0.3 is 5.69 Å². The molecule has 2 aromatic rings. The van der Waals surface area contributed by atoms with E-state index in [4.69, 9.17) is 0 Å². The molecule has 1 aliphatic heterocycles. The van der Waals surface area contributed by atoms with Crippen molar-refractivity contribution in [1.82, 2.24) is 14.8 Å². The summed E-state index contributed by atoms with van der Waals surface area (Å²) in [6.07, 6.45) is 0.751. The average Bonchev–Trinajstić information content (AvgIpc) is 3.03. The molecular formula is C17H22N4O2S. The predicted molar refractivity (Wildman–Crippen MR) is 95.8 cm³/mol. The van der Waals surface area contributed by atoms with Crippen LogP contribution in [-0.4, -0.2) is 32.5 Å². The zero-order valence-electron chi connectivity index (χ0n) is 14.4. The number of aromatic nitrogens is 3. The van der Waals surface area contributed by atoms with Crippen LogP contribution in [0.2, 0.25) is 0 Å². The molecule has 3 rings (SSSR count). The van der Waals surface area contributed by atoms with Crippen molar-refractivity contribution >= 4 is 23.4 Å². The maximum absolute atomic E-state index is 12.9. The number of nitrogens with one attached hydrogen (secondary N) is 1. The van der Waals surface area contributed by atoms with Crippen LogP contribution in [0.15, 0.2) is 22.1 Å². The highest BCUT2D eigenvalue weighted by Crippen LogP contribution is 2.35. The molecule has 24 heavy (non-hydrogen) atoms. The van der Waals surface area contributed by atoms with Gasteiger partial charge in [-0.15, -0.1) is 5.10 Å². The molecule has 128 valence electrons. The van der Waals surface area contributed by atoms with Gasteiger partial charge in [0, 0.05) is 18.8 Å². The summed E-state index contributed by atoms with van der Waals surface area (Å²) in [7, 11) is 0. The number of aryl methyl sites for hydroxylation is 3. The Kier molecular flexibility index (Phi) is 4.54. The molecule has 1 amide bonds. The fraction of sp³-hybridized carbons (Fsp3) is 0.471. The van der Waals surface area contributed by atoms with Crippen LogP contribution < -0.4 is 10.6 Å². The number of anilines is 1. The molecule has 0 radical (unpaired) electrons. The molecular weight excluding hydrogens is 324 g/mol. The Bertz CT molecular complexity index is 816. The molecule has 6 nitrogen and oxygen atoms in total. The number of carbonyl (C=O) groups is 1. The molecule has 2 heterocycles. The molecule has 0 aliphatic carbocycles. The fourth-order valence-corrected chi connectivity index (χ4v) is 4.53. The summed E-state index contributed by atoms with van der Waals surface area (Å²) >= 11 is 1.37. The molecule has 1 aromatic carbocycles. The van der Waals surface area contributed by atoms with E-state index in [0.717, 1.165) is 23.2 Å². The van der Waals surface area contributed by atoms with Gasteiger partial charge in [-0.05, 0) is 45.2 Å². The number of rotatable bonds is 4. The van der Waals surface area contributed by atoms with E-state index in [9.17, 15) is 9.59 Å². The van der Waals surface area contributed by atoms with Crippen LogP contribution in [0.25, 0.3) is 0 Å². The monoisotopic (exact) mass is 346 g/mol. The third-order valence-electron chi connectivity index (χ3n) is 4.35. The highest BCUT2D eigenvalue weighted by atomic mass is 32.2. The van der Waals surface area contributed by atoms with Crippen molar-refractivity contribution in [2.75, 3.05) is 11.4 Å². The molecule has 7 heteroatoms. The minimum absolute atomic E-state index is 0.0909. The second-order valence-corrected chi connectivity index (χ2v) is 7.36. The Hall–Kier alpha value is -2.02. The Morgan fingerprint density at radius 3 is 2.54 bits per heavy atom. The molecule has 1 aliphatic rings. The third-order valence-corrected chi connectivity index (χ3v) is 5.59. The smallest absolute Gasteiger partial charge is 0.311 e. The largest absolute Gasteiger partial charge is 0.343 e. The first-order valence-electron chi connectivity index (χ1n) is 8.13. The van der Waals surface area contributed by atoms with Crippen molar-refractivity contribution in [3.63, 3.8) is 0 Å². The molecule has 1 N–H and O–H groups in total. The van der Waals surface area contributed by atoms with Crippen molar-refractivity contribution in [1.29, 1.82) is 0 Å². The van der Waals surface area contributed by atoms with Crippen LogP contribution in [0, 0.1) is 20.8 Å². The summed E-state index contributed by atoms with van der Waals surface area (Å²) in [6, 6.07) is 4.22. The number of nitrogens with zero attached hydrogens (tertiary/aromatic N) is 3. The van der Waals surface area contributed by atoms with Crippen LogP contribution in [0.1, 0.15) is 30.0 Å². The van der Waals surface area contributed by atoms with Gasteiger partial charge in [-0.2, -0.15) is 0 Å². The molecule has 1 atom stereocenters. The molecule has 1 aromatic heterocycles. The highest BCUT2D eigenvalue weighted by molar-refractivity contribution is 8.00. The first-order chi connectivity index (χ1) is 11.4. The molecule has 0 unspecified atom stereocenters. The van der Waals surface area contributed by atoms with Gasteiger partial charge in [0.2, 0.25) is 5.91 Å². The Morgan fingerprint density at radius 2 is 1.92 bits per heavy atom. The summed E-state index contributed by atoms with van der Waals surface area (Å²) in [6.45, 7) is 9.29. The lowest BCUT2D eigenvalue weighted by Crippen LogP contribution is -2.29. The number of benzene rings is 1. The molecule has 0 spiro atoms. The zero-order valence-corrected chi connectivity index (χ0v) is 15.2. The number of carbonyl (C=O) groups excluding carboxylic acids is 1. The maximum Gasteiger partial charge on any atom is 0.343 e. The molecule has 1 fully saturated rings. The summed E-state index contributed by atoms with van der Waals surface area (Å²) in [5.74, 6) is 0.0909. The van der Waals surface area contributed by atoms with Gasteiger partial charge in [-0.1, -0.05) is 29.5 Å². The Labute approximate surface area is 145 Å². The summed E-state index contributed by atoms with van der Waals surface area (Å²) < 4.78 is 1.56. The number of aromatic amines is 1. The van der Waals surface area contributed by atoms with Crippen LogP contribution in [-0.2, 0) is 11.3 Å². The lowest BCUT2D eigenvalue weighted by Gasteiger charge is -2.22. The fourth-order valence-electron chi connectivity index (χ4n) is 3.38. The summed E-state index contributed by atoms with van der Waals surface area (Å²) in [4.78, 5) is 26.4. The normalized spacial score (nSPS) is 17.8. The maximum atomic E-state index is 12.9. The zero-order chi connectivity index (χ0) is 17.4. The van der Waals surface area contributed by atoms with Crippen molar-refractivity contribution < 1.29 is 4.79 Å². The average molecular weight is 346 g/mol. The molecule has 0 saturated carbocycles. The van der Waals surface area contributed by atoms with Gasteiger partial charge in [0.25, 0.3) is 0 Å². The van der Waals surface area contributed by atoms with Crippen LogP contribution >= 0.6 is 11.8 Å². The number of H-pyrrole nitrogens is 1. The van der Waals surface area contributed by atoms with E-state index in [2.05, 4.69) is 29.3 Å². The first kappa shape index (κ1) is 16.8. The van der Waals surface area contributed by atoms with Gasteiger partial charge in [0.1, 0.15) is 0 Å². The summed E-state index contributed by atoms with van der Waals surface area (Å²) in [5.41, 5.74) is 4.24. The lowest BCUT2D eigenvalue weighted by atomic mass is 10.0. The van der Waals surface area contributed by atoms with E-state index < -0.39 is 0 Å². The Balaban J connectivity index is 1.84. The lowest BCUT2D eigenvalue weighted by molar-refractivity contribution is -0.116. The minimum atomic E-state index is -0.229. The Morgan fingerprint density at radius 1 is 1.25 bits per heavy atom. The van der Waals surface area contributed by atoms with Crippen LogP contribution in [0.3, 0.4) is 0 Å². The van der Waals surface area contributed by atoms with E-state index in [-0.39, 0.29) is 16.8 Å². The number of amides is 1. The van der Waals surface area contributed by atoms with Crippen LogP contribution in [0.4, 0.5) is 5.69 Å². The minimum Gasteiger partial charge on any atom is -0.311 e. The van der Waals surface area contributed by atoms with Gasteiger partial charge in [-0.3, -0.25) is 9.36 Å². The van der Waals surface area contributed by atoms with Gasteiger partial charge in [0.15, 0.2) is 5.16 Å². The van der Waals surface area contributed by atoms with E-state index in [1.165, 1.54) is 17.3 Å². The van der Waals surface area contributed by atoms with Crippen molar-refractivity contribution in [2.24, 2.45) is 0 Å². The first-order valence-corrected chi connectivity index (χ1v) is 9.01. The summed E-state index contributed by atoms with van der Waals surface area (Å²) in [5, 5.41) is 6.88. The number of hydrogen-bond donors (Lipinski definition) is 1. The topological polar surface area (TPSA) is 71.0 Å².